The third-order valence-corrected chi connectivity index (χ3v) is 5.98. The fourth-order valence-electron chi connectivity index (χ4n) is 4.25. The summed E-state index contributed by atoms with van der Waals surface area (Å²) in [5, 5.41) is 3.97. The molecule has 1 aliphatic heterocycles. The summed E-state index contributed by atoms with van der Waals surface area (Å²) in [6, 6.07) is 13.8. The molecule has 5 rings (SSSR count). The number of fused-ring (bicyclic) bond motifs is 2. The van der Waals surface area contributed by atoms with Gasteiger partial charge in [0.1, 0.15) is 11.9 Å². The number of pyridine rings is 1. The zero-order chi connectivity index (χ0) is 22.2. The highest BCUT2D eigenvalue weighted by Gasteiger charge is 2.27. The normalized spacial score (nSPS) is 14.8. The van der Waals surface area contributed by atoms with Crippen LogP contribution in [-0.2, 0) is 6.42 Å². The second-order valence-electron chi connectivity index (χ2n) is 8.24. The minimum atomic E-state index is -0.143. The van der Waals surface area contributed by atoms with Gasteiger partial charge in [-0.05, 0) is 56.2 Å². The fourth-order valence-corrected chi connectivity index (χ4v) is 4.25. The standard InChI is InChI=1S/C26H24N4O2/c1-15-8-9-22-21(12-15)23(16(2)17(3)30-22)26(31)29-14-19-13-18-6-4-7-20(24(18)32-19)25-27-10-5-11-28-25/h4-12,19H,13-14H2,1-3H3,(H,29,31)/t19-/m1/s1. The average Bonchev–Trinajstić information content (AvgIpc) is 3.22. The maximum absolute atomic E-state index is 13.2. The van der Waals surface area contributed by atoms with Crippen LogP contribution in [-0.4, -0.2) is 33.5 Å². The zero-order valence-electron chi connectivity index (χ0n) is 18.3. The molecule has 0 unspecified atom stereocenters. The van der Waals surface area contributed by atoms with Gasteiger partial charge in [-0.3, -0.25) is 9.78 Å². The van der Waals surface area contributed by atoms with Crippen LogP contribution >= 0.6 is 0 Å². The lowest BCUT2D eigenvalue weighted by atomic mass is 9.99. The summed E-state index contributed by atoms with van der Waals surface area (Å²) in [6.07, 6.45) is 4.03. The van der Waals surface area contributed by atoms with Crippen molar-refractivity contribution in [3.05, 3.63) is 82.8 Å². The topological polar surface area (TPSA) is 77.0 Å². The first kappa shape index (κ1) is 20.1. The monoisotopic (exact) mass is 424 g/mol. The number of carbonyl (C=O) groups is 1. The molecule has 1 aliphatic rings. The van der Waals surface area contributed by atoms with Crippen molar-refractivity contribution in [2.75, 3.05) is 6.54 Å². The molecule has 6 heteroatoms. The second kappa shape index (κ2) is 8.04. The SMILES string of the molecule is Cc1ccc2nc(C)c(C)c(C(=O)NC[C@H]3Cc4cccc(-c5ncccn5)c4O3)c2c1. The Morgan fingerprint density at radius 2 is 1.91 bits per heavy atom. The number of nitrogens with zero attached hydrogens (tertiary/aromatic N) is 3. The molecule has 0 fully saturated rings. The van der Waals surface area contributed by atoms with Crippen molar-refractivity contribution in [3.63, 3.8) is 0 Å². The Bertz CT molecular complexity index is 1330. The van der Waals surface area contributed by atoms with E-state index in [2.05, 4.69) is 26.3 Å². The van der Waals surface area contributed by atoms with Crippen molar-refractivity contribution in [1.82, 2.24) is 20.3 Å². The molecule has 1 N–H and O–H groups in total. The first-order valence-corrected chi connectivity index (χ1v) is 10.7. The van der Waals surface area contributed by atoms with Crippen molar-refractivity contribution in [3.8, 4) is 17.1 Å². The third-order valence-electron chi connectivity index (χ3n) is 5.98. The first-order chi connectivity index (χ1) is 15.5. The Hall–Kier alpha value is -3.80. The van der Waals surface area contributed by atoms with Crippen LogP contribution in [0.5, 0.6) is 5.75 Å². The van der Waals surface area contributed by atoms with Crippen LogP contribution in [0.3, 0.4) is 0 Å². The van der Waals surface area contributed by atoms with Crippen LogP contribution in [0.2, 0.25) is 0 Å². The predicted octanol–water partition coefficient (Wildman–Crippen LogP) is 4.35. The Morgan fingerprint density at radius 3 is 2.72 bits per heavy atom. The molecule has 4 aromatic rings. The van der Waals surface area contributed by atoms with E-state index in [1.165, 1.54) is 0 Å². The quantitative estimate of drug-likeness (QED) is 0.527. The molecule has 160 valence electrons. The van der Waals surface area contributed by atoms with E-state index in [4.69, 9.17) is 4.74 Å². The first-order valence-electron chi connectivity index (χ1n) is 10.7. The van der Waals surface area contributed by atoms with Crippen LogP contribution < -0.4 is 10.1 Å². The van der Waals surface area contributed by atoms with Gasteiger partial charge in [0.15, 0.2) is 5.82 Å². The van der Waals surface area contributed by atoms with E-state index in [1.807, 2.05) is 51.1 Å². The zero-order valence-corrected chi connectivity index (χ0v) is 18.3. The Kier molecular flexibility index (Phi) is 5.05. The van der Waals surface area contributed by atoms with Gasteiger partial charge >= 0.3 is 0 Å². The van der Waals surface area contributed by atoms with Crippen molar-refractivity contribution < 1.29 is 9.53 Å². The number of hydrogen-bond acceptors (Lipinski definition) is 5. The fraction of sp³-hybridized carbons (Fsp3) is 0.231. The van der Waals surface area contributed by atoms with Gasteiger partial charge in [-0.25, -0.2) is 9.97 Å². The number of aryl methyl sites for hydroxylation is 2. The molecule has 0 saturated heterocycles. The highest BCUT2D eigenvalue weighted by Crippen LogP contribution is 2.37. The Morgan fingerprint density at radius 1 is 1.09 bits per heavy atom. The van der Waals surface area contributed by atoms with E-state index in [0.717, 1.165) is 51.0 Å². The van der Waals surface area contributed by atoms with E-state index >= 15 is 0 Å². The summed E-state index contributed by atoms with van der Waals surface area (Å²) in [4.78, 5) is 26.6. The van der Waals surface area contributed by atoms with Crippen LogP contribution in [0, 0.1) is 20.8 Å². The van der Waals surface area contributed by atoms with Crippen LogP contribution in [0.15, 0.2) is 54.9 Å². The largest absolute Gasteiger partial charge is 0.487 e. The number of carbonyl (C=O) groups excluding carboxylic acids is 1. The van der Waals surface area contributed by atoms with Crippen LogP contribution in [0.4, 0.5) is 0 Å². The van der Waals surface area contributed by atoms with E-state index in [-0.39, 0.29) is 12.0 Å². The molecule has 6 nitrogen and oxygen atoms in total. The predicted molar refractivity (Wildman–Crippen MR) is 124 cm³/mol. The summed E-state index contributed by atoms with van der Waals surface area (Å²) in [7, 11) is 0. The summed E-state index contributed by atoms with van der Waals surface area (Å²) in [6.45, 7) is 6.33. The molecule has 0 saturated carbocycles. The molecule has 2 aromatic carbocycles. The van der Waals surface area contributed by atoms with Crippen molar-refractivity contribution in [1.29, 1.82) is 0 Å². The van der Waals surface area contributed by atoms with Gasteiger partial charge in [0, 0.05) is 29.9 Å². The van der Waals surface area contributed by atoms with Gasteiger partial charge < -0.3 is 10.1 Å². The minimum Gasteiger partial charge on any atom is -0.487 e. The lowest BCUT2D eigenvalue weighted by Crippen LogP contribution is -2.35. The third kappa shape index (κ3) is 3.58. The second-order valence-corrected chi connectivity index (χ2v) is 8.24. The van der Waals surface area contributed by atoms with Gasteiger partial charge in [0.2, 0.25) is 0 Å². The maximum Gasteiger partial charge on any atom is 0.252 e. The van der Waals surface area contributed by atoms with E-state index in [0.29, 0.717) is 17.9 Å². The number of amides is 1. The van der Waals surface area contributed by atoms with E-state index < -0.39 is 0 Å². The molecule has 0 radical (unpaired) electrons. The molecule has 32 heavy (non-hydrogen) atoms. The Balaban J connectivity index is 1.37. The maximum atomic E-state index is 13.2. The van der Waals surface area contributed by atoms with Crippen LogP contribution in [0.25, 0.3) is 22.3 Å². The molecule has 0 aliphatic carbocycles. The summed E-state index contributed by atoms with van der Waals surface area (Å²) < 4.78 is 6.23. The number of aromatic nitrogens is 3. The number of rotatable bonds is 4. The number of nitrogens with one attached hydrogen (secondary N) is 1. The smallest absolute Gasteiger partial charge is 0.252 e. The molecule has 0 bridgehead atoms. The van der Waals surface area contributed by atoms with Crippen molar-refractivity contribution in [2.45, 2.75) is 33.3 Å². The molecule has 1 amide bonds. The van der Waals surface area contributed by atoms with Gasteiger partial charge in [0.05, 0.1) is 23.2 Å². The number of benzene rings is 2. The minimum absolute atomic E-state index is 0.102. The summed E-state index contributed by atoms with van der Waals surface area (Å²) in [5.41, 5.74) is 6.36. The molecule has 1 atom stereocenters. The van der Waals surface area contributed by atoms with Gasteiger partial charge in [-0.2, -0.15) is 0 Å². The lowest BCUT2D eigenvalue weighted by molar-refractivity contribution is 0.0934. The Labute approximate surface area is 186 Å². The van der Waals surface area contributed by atoms with Gasteiger partial charge in [-0.1, -0.05) is 23.8 Å². The van der Waals surface area contributed by atoms with Gasteiger partial charge in [-0.15, -0.1) is 0 Å². The number of para-hydroxylation sites is 1. The summed E-state index contributed by atoms with van der Waals surface area (Å²) in [5.74, 6) is 1.34. The van der Waals surface area contributed by atoms with Crippen LogP contribution in [0.1, 0.15) is 32.7 Å². The average molecular weight is 425 g/mol. The lowest BCUT2D eigenvalue weighted by Gasteiger charge is -2.16. The van der Waals surface area contributed by atoms with E-state index in [9.17, 15) is 4.79 Å². The number of hydrogen-bond donors (Lipinski definition) is 1. The van der Waals surface area contributed by atoms with Crippen molar-refractivity contribution in [2.24, 2.45) is 0 Å². The molecular weight excluding hydrogens is 400 g/mol. The van der Waals surface area contributed by atoms with Gasteiger partial charge in [0.25, 0.3) is 5.91 Å². The highest BCUT2D eigenvalue weighted by atomic mass is 16.5. The molecular formula is C26H24N4O2. The number of ether oxygens (including phenoxy) is 1. The molecule has 3 heterocycles. The summed E-state index contributed by atoms with van der Waals surface area (Å²) >= 11 is 0. The van der Waals surface area contributed by atoms with E-state index in [1.54, 1.807) is 18.5 Å². The highest BCUT2D eigenvalue weighted by molar-refractivity contribution is 6.07. The molecule has 2 aromatic heterocycles. The molecule has 0 spiro atoms. The van der Waals surface area contributed by atoms with Crippen molar-refractivity contribution >= 4 is 16.8 Å².